The van der Waals surface area contributed by atoms with Crippen molar-refractivity contribution >= 4 is 0 Å². The van der Waals surface area contributed by atoms with Crippen molar-refractivity contribution in [3.05, 3.63) is 35.9 Å². The second-order valence-electron chi connectivity index (χ2n) is 3.55. The van der Waals surface area contributed by atoms with Crippen LogP contribution in [0.15, 0.2) is 24.3 Å². The van der Waals surface area contributed by atoms with Crippen LogP contribution in [0.4, 0.5) is 0 Å². The van der Waals surface area contributed by atoms with E-state index >= 15 is 0 Å². The van der Waals surface area contributed by atoms with E-state index in [-0.39, 0.29) is 5.54 Å². The number of hydrogen-bond donors (Lipinski definition) is 1. The number of nitrogens with two attached hydrogens (primary N) is 1. The molecule has 1 atom stereocenters. The van der Waals surface area contributed by atoms with Gasteiger partial charge in [-0.1, -0.05) is 38.5 Å². The lowest BCUT2D eigenvalue weighted by atomic mass is 9.84. The Hall–Kier alpha value is -0.820. The van der Waals surface area contributed by atoms with Crippen LogP contribution in [-0.2, 0) is 5.54 Å². The Kier molecular flexibility index (Phi) is 3.49. The van der Waals surface area contributed by atoms with E-state index in [4.69, 9.17) is 5.73 Å². The normalized spacial score (nSPS) is 15.3. The minimum Gasteiger partial charge on any atom is -0.321 e. The van der Waals surface area contributed by atoms with Gasteiger partial charge in [0.2, 0.25) is 0 Å². The first kappa shape index (κ1) is 10.3. The predicted octanol–water partition coefficient (Wildman–Crippen LogP) is 2.85. The molecule has 1 aromatic carbocycles. The summed E-state index contributed by atoms with van der Waals surface area (Å²) in [6.07, 6.45) is 3.15. The maximum Gasteiger partial charge on any atom is 0.0407 e. The zero-order valence-electron chi connectivity index (χ0n) is 8.51. The molecule has 0 aliphatic rings. The Labute approximate surface area is 81.0 Å². The number of hydrogen-bond acceptors (Lipinski definition) is 1. The fourth-order valence-electron chi connectivity index (χ4n) is 1.67. The Balaban J connectivity index is 2.89. The lowest BCUT2D eigenvalue weighted by molar-refractivity contribution is 0.390. The summed E-state index contributed by atoms with van der Waals surface area (Å²) in [5, 5.41) is 0. The first-order chi connectivity index (χ1) is 6.23. The molecule has 0 amide bonds. The molecule has 1 unspecified atom stereocenters. The molecule has 0 fully saturated rings. The lowest BCUT2D eigenvalue weighted by Crippen LogP contribution is -2.35. The third-order valence-electron chi connectivity index (χ3n) is 2.61. The average molecular weight is 176 g/mol. The predicted molar refractivity (Wildman–Crippen MR) is 56.3 cm³/mol. The molecule has 1 heteroatoms. The van der Waals surface area contributed by atoms with Crippen LogP contribution < -0.4 is 5.73 Å². The van der Waals surface area contributed by atoms with Gasteiger partial charge < -0.3 is 5.73 Å². The molecule has 0 aromatic heterocycles. The van der Waals surface area contributed by atoms with E-state index in [1.165, 1.54) is 5.56 Å². The van der Waals surface area contributed by atoms with Crippen LogP contribution in [0.25, 0.3) is 0 Å². The Morgan fingerprint density at radius 1 is 1.46 bits per heavy atom. The molecule has 0 heterocycles. The highest BCUT2D eigenvalue weighted by atomic mass is 14.7. The largest absolute Gasteiger partial charge is 0.321 e. The van der Waals surface area contributed by atoms with Crippen molar-refractivity contribution < 1.29 is 0 Å². The molecule has 0 aliphatic heterocycles. The van der Waals surface area contributed by atoms with Crippen molar-refractivity contribution in [1.82, 2.24) is 0 Å². The van der Waals surface area contributed by atoms with E-state index in [9.17, 15) is 0 Å². The summed E-state index contributed by atoms with van der Waals surface area (Å²) in [4.78, 5) is 0. The van der Waals surface area contributed by atoms with Crippen LogP contribution >= 0.6 is 0 Å². The van der Waals surface area contributed by atoms with E-state index in [0.29, 0.717) is 0 Å². The summed E-state index contributed by atoms with van der Waals surface area (Å²) in [6.45, 7) is 4.31. The van der Waals surface area contributed by atoms with Crippen LogP contribution in [0.5, 0.6) is 0 Å². The molecule has 1 rings (SSSR count). The Morgan fingerprint density at radius 2 is 2.23 bits per heavy atom. The van der Waals surface area contributed by atoms with Crippen molar-refractivity contribution in [2.75, 3.05) is 0 Å². The van der Waals surface area contributed by atoms with Crippen molar-refractivity contribution in [1.29, 1.82) is 0 Å². The highest BCUT2D eigenvalue weighted by molar-refractivity contribution is 5.22. The summed E-state index contributed by atoms with van der Waals surface area (Å²) in [5.74, 6) is 0. The molecule has 1 radical (unpaired) electrons. The molecule has 0 saturated carbocycles. The summed E-state index contributed by atoms with van der Waals surface area (Å²) in [7, 11) is 0. The fraction of sp³-hybridized carbons (Fsp3) is 0.500. The van der Waals surface area contributed by atoms with Gasteiger partial charge >= 0.3 is 0 Å². The van der Waals surface area contributed by atoms with Crippen LogP contribution in [-0.4, -0.2) is 0 Å². The van der Waals surface area contributed by atoms with Gasteiger partial charge in [-0.25, -0.2) is 0 Å². The van der Waals surface area contributed by atoms with E-state index in [1.807, 2.05) is 18.2 Å². The topological polar surface area (TPSA) is 26.0 Å². The number of benzene rings is 1. The Bertz CT molecular complexity index is 243. The molecular formula is C12H18N. The summed E-state index contributed by atoms with van der Waals surface area (Å²) >= 11 is 0. The maximum absolute atomic E-state index is 6.31. The molecule has 2 N–H and O–H groups in total. The van der Waals surface area contributed by atoms with E-state index in [1.54, 1.807) is 0 Å². The molecule has 13 heavy (non-hydrogen) atoms. The minimum atomic E-state index is -0.146. The molecular weight excluding hydrogens is 158 g/mol. The van der Waals surface area contributed by atoms with Crippen LogP contribution in [0, 0.1) is 6.07 Å². The minimum absolute atomic E-state index is 0.146. The maximum atomic E-state index is 6.31. The molecule has 1 nitrogen and oxygen atoms in total. The highest BCUT2D eigenvalue weighted by Gasteiger charge is 2.23. The van der Waals surface area contributed by atoms with Crippen molar-refractivity contribution in [3.8, 4) is 0 Å². The number of rotatable bonds is 4. The zero-order valence-corrected chi connectivity index (χ0v) is 8.51. The quantitative estimate of drug-likeness (QED) is 0.750. The van der Waals surface area contributed by atoms with Gasteiger partial charge in [-0.05, 0) is 30.5 Å². The van der Waals surface area contributed by atoms with E-state index in [0.717, 1.165) is 19.3 Å². The van der Waals surface area contributed by atoms with Crippen molar-refractivity contribution in [3.63, 3.8) is 0 Å². The zero-order chi connectivity index (χ0) is 9.73. The Morgan fingerprint density at radius 3 is 2.69 bits per heavy atom. The third kappa shape index (κ3) is 2.31. The standard InChI is InChI=1S/C12H18N/c1-3-10-12(13,4-2)11-8-6-5-7-9-11/h5-6,8-9H,3-4,10,13H2,1-2H3. The van der Waals surface area contributed by atoms with Gasteiger partial charge in [-0.2, -0.15) is 0 Å². The second-order valence-corrected chi connectivity index (χ2v) is 3.55. The third-order valence-corrected chi connectivity index (χ3v) is 2.61. The van der Waals surface area contributed by atoms with E-state index < -0.39 is 0 Å². The first-order valence-corrected chi connectivity index (χ1v) is 4.98. The summed E-state index contributed by atoms with van der Waals surface area (Å²) in [6, 6.07) is 11.1. The monoisotopic (exact) mass is 176 g/mol. The summed E-state index contributed by atoms with van der Waals surface area (Å²) < 4.78 is 0. The van der Waals surface area contributed by atoms with Gasteiger partial charge in [0.1, 0.15) is 0 Å². The SMILES string of the molecule is CCCC(N)(CC)c1c[c]ccc1. The molecule has 71 valence electrons. The van der Waals surface area contributed by atoms with Crippen molar-refractivity contribution in [2.24, 2.45) is 5.73 Å². The highest BCUT2D eigenvalue weighted by Crippen LogP contribution is 2.26. The second kappa shape index (κ2) is 4.43. The van der Waals surface area contributed by atoms with Gasteiger partial charge in [-0.15, -0.1) is 0 Å². The van der Waals surface area contributed by atoms with Gasteiger partial charge in [0.25, 0.3) is 0 Å². The van der Waals surface area contributed by atoms with Gasteiger partial charge in [0.15, 0.2) is 0 Å². The van der Waals surface area contributed by atoms with Crippen LogP contribution in [0.2, 0.25) is 0 Å². The average Bonchev–Trinajstić information content (AvgIpc) is 2.19. The van der Waals surface area contributed by atoms with Crippen molar-refractivity contribution in [2.45, 2.75) is 38.6 Å². The van der Waals surface area contributed by atoms with Gasteiger partial charge in [0, 0.05) is 5.54 Å². The van der Waals surface area contributed by atoms with Crippen LogP contribution in [0.3, 0.4) is 0 Å². The van der Waals surface area contributed by atoms with Crippen LogP contribution in [0.1, 0.15) is 38.7 Å². The summed E-state index contributed by atoms with van der Waals surface area (Å²) in [5.41, 5.74) is 7.37. The van der Waals surface area contributed by atoms with E-state index in [2.05, 4.69) is 26.0 Å². The molecule has 0 bridgehead atoms. The molecule has 0 aliphatic carbocycles. The first-order valence-electron chi connectivity index (χ1n) is 4.98. The van der Waals surface area contributed by atoms with Gasteiger partial charge in [-0.3, -0.25) is 0 Å². The molecule has 0 saturated heterocycles. The lowest BCUT2D eigenvalue weighted by Gasteiger charge is -2.28. The smallest absolute Gasteiger partial charge is 0.0407 e. The van der Waals surface area contributed by atoms with Gasteiger partial charge in [0.05, 0.1) is 0 Å². The fourth-order valence-corrected chi connectivity index (χ4v) is 1.67. The molecule has 0 spiro atoms. The molecule has 1 aromatic rings.